The minimum Gasteiger partial charge on any atom is -0.267 e. The smallest absolute Gasteiger partial charge is 0.0688 e. The number of rotatable bonds is 2. The van der Waals surface area contributed by atoms with Gasteiger partial charge in [0, 0.05) is 6.20 Å². The van der Waals surface area contributed by atoms with E-state index in [0.717, 1.165) is 23.7 Å². The van der Waals surface area contributed by atoms with Crippen LogP contribution < -0.4 is 0 Å². The van der Waals surface area contributed by atoms with Gasteiger partial charge in [-0.05, 0) is 46.7 Å². The Kier molecular flexibility index (Phi) is 3.88. The summed E-state index contributed by atoms with van der Waals surface area (Å²) in [6, 6.07) is 13.2. The van der Waals surface area contributed by atoms with Crippen LogP contribution in [0.5, 0.6) is 0 Å². The van der Waals surface area contributed by atoms with Gasteiger partial charge in [0.2, 0.25) is 0 Å². The van der Waals surface area contributed by atoms with E-state index in [1.54, 1.807) is 6.20 Å². The molecular formula is C16H16BrN3. The van der Waals surface area contributed by atoms with E-state index >= 15 is 0 Å². The summed E-state index contributed by atoms with van der Waals surface area (Å²) in [6.45, 7) is 0. The first-order valence-electron chi connectivity index (χ1n) is 6.92. The van der Waals surface area contributed by atoms with E-state index in [1.165, 1.54) is 5.56 Å². The second-order valence-electron chi connectivity index (χ2n) is 5.36. The quantitative estimate of drug-likeness (QED) is 0.824. The predicted molar refractivity (Wildman–Crippen MR) is 81.1 cm³/mol. The summed E-state index contributed by atoms with van der Waals surface area (Å²) in [4.78, 5) is 0. The molecule has 0 radical (unpaired) electrons. The Morgan fingerprint density at radius 1 is 1.25 bits per heavy atom. The summed E-state index contributed by atoms with van der Waals surface area (Å²) >= 11 is 3.43. The highest BCUT2D eigenvalue weighted by Crippen LogP contribution is 2.41. The zero-order chi connectivity index (χ0) is 13.9. The Balaban J connectivity index is 1.85. The maximum absolute atomic E-state index is 9.38. The fourth-order valence-corrected chi connectivity index (χ4v) is 3.42. The summed E-state index contributed by atoms with van der Waals surface area (Å²) in [7, 11) is 0. The van der Waals surface area contributed by atoms with Crippen molar-refractivity contribution in [3.63, 3.8) is 0 Å². The molecule has 0 saturated heterocycles. The molecule has 1 aromatic carbocycles. The van der Waals surface area contributed by atoms with Gasteiger partial charge >= 0.3 is 0 Å². The lowest BCUT2D eigenvalue weighted by Crippen LogP contribution is -2.26. The molecule has 1 aliphatic rings. The lowest BCUT2D eigenvalue weighted by Gasteiger charge is -2.33. The normalized spacial score (nSPS) is 26.1. The summed E-state index contributed by atoms with van der Waals surface area (Å²) in [5.41, 5.74) is 1.38. The predicted octanol–water partition coefficient (Wildman–Crippen LogP) is 4.29. The highest BCUT2D eigenvalue weighted by molar-refractivity contribution is 9.10. The Morgan fingerprint density at radius 3 is 2.70 bits per heavy atom. The van der Waals surface area contributed by atoms with Crippen LogP contribution in [0.2, 0.25) is 0 Å². The summed E-state index contributed by atoms with van der Waals surface area (Å²) in [5.74, 6) is 0.579. The molecule has 1 fully saturated rings. The lowest BCUT2D eigenvalue weighted by atomic mass is 9.76. The maximum atomic E-state index is 9.38. The number of hydrogen-bond acceptors (Lipinski definition) is 2. The summed E-state index contributed by atoms with van der Waals surface area (Å²) in [6.07, 6.45) is 6.78. The molecule has 3 unspecified atom stereocenters. The van der Waals surface area contributed by atoms with Crippen LogP contribution >= 0.6 is 15.9 Å². The first-order chi connectivity index (χ1) is 9.78. The van der Waals surface area contributed by atoms with Crippen LogP contribution in [-0.2, 0) is 0 Å². The van der Waals surface area contributed by atoms with Gasteiger partial charge in [0.05, 0.1) is 28.7 Å². The number of nitriles is 1. The molecule has 1 saturated carbocycles. The van der Waals surface area contributed by atoms with Gasteiger partial charge in [0.1, 0.15) is 0 Å². The largest absolute Gasteiger partial charge is 0.267 e. The van der Waals surface area contributed by atoms with Gasteiger partial charge in [0.15, 0.2) is 0 Å². The number of aromatic nitrogens is 2. The van der Waals surface area contributed by atoms with Gasteiger partial charge in [-0.1, -0.05) is 30.3 Å². The van der Waals surface area contributed by atoms with Gasteiger partial charge in [0.25, 0.3) is 0 Å². The third kappa shape index (κ3) is 2.64. The molecule has 1 aliphatic carbocycles. The first-order valence-corrected chi connectivity index (χ1v) is 7.71. The average Bonchev–Trinajstić information content (AvgIpc) is 2.94. The number of benzene rings is 1. The molecule has 0 amide bonds. The van der Waals surface area contributed by atoms with E-state index in [1.807, 2.05) is 16.9 Å². The Morgan fingerprint density at radius 2 is 2.05 bits per heavy atom. The van der Waals surface area contributed by atoms with Crippen LogP contribution in [0.25, 0.3) is 0 Å². The molecule has 0 spiro atoms. The number of halogens is 1. The second kappa shape index (κ2) is 5.80. The molecule has 1 aromatic heterocycles. The molecule has 3 rings (SSSR count). The molecular weight excluding hydrogens is 314 g/mol. The third-order valence-electron chi connectivity index (χ3n) is 4.16. The minimum absolute atomic E-state index is 0.0572. The first kappa shape index (κ1) is 13.4. The average molecular weight is 330 g/mol. The monoisotopic (exact) mass is 329 g/mol. The van der Waals surface area contributed by atoms with Crippen LogP contribution in [0.4, 0.5) is 0 Å². The van der Waals surface area contributed by atoms with Crippen molar-refractivity contribution in [3.8, 4) is 6.07 Å². The summed E-state index contributed by atoms with van der Waals surface area (Å²) < 4.78 is 2.92. The molecule has 4 heteroatoms. The molecule has 0 aliphatic heterocycles. The van der Waals surface area contributed by atoms with Gasteiger partial charge in [-0.2, -0.15) is 10.4 Å². The van der Waals surface area contributed by atoms with E-state index < -0.39 is 0 Å². The van der Waals surface area contributed by atoms with E-state index in [4.69, 9.17) is 0 Å². The highest BCUT2D eigenvalue weighted by atomic mass is 79.9. The molecule has 3 nitrogen and oxygen atoms in total. The SMILES string of the molecule is N#CC1CCC(c2ccccc2)CC1n1cc(Br)cn1. The topological polar surface area (TPSA) is 41.6 Å². The summed E-state index contributed by atoms with van der Waals surface area (Å²) in [5, 5.41) is 13.8. The molecule has 1 heterocycles. The Bertz CT molecular complexity index is 614. The standard InChI is InChI=1S/C16H16BrN3/c17-15-10-19-20(11-15)16-8-13(6-7-14(16)9-18)12-4-2-1-3-5-12/h1-5,10-11,13-14,16H,6-8H2. The van der Waals surface area contributed by atoms with Crippen molar-refractivity contribution in [2.24, 2.45) is 5.92 Å². The van der Waals surface area contributed by atoms with Crippen LogP contribution in [-0.4, -0.2) is 9.78 Å². The molecule has 0 N–H and O–H groups in total. The van der Waals surface area contributed by atoms with Gasteiger partial charge in [-0.3, -0.25) is 4.68 Å². The Hall–Kier alpha value is -1.60. The van der Waals surface area contributed by atoms with Crippen molar-refractivity contribution >= 4 is 15.9 Å². The van der Waals surface area contributed by atoms with Gasteiger partial charge < -0.3 is 0 Å². The van der Waals surface area contributed by atoms with Crippen molar-refractivity contribution in [2.75, 3.05) is 0 Å². The van der Waals surface area contributed by atoms with Gasteiger partial charge in [-0.25, -0.2) is 0 Å². The van der Waals surface area contributed by atoms with Crippen molar-refractivity contribution in [1.82, 2.24) is 9.78 Å². The van der Waals surface area contributed by atoms with Crippen molar-refractivity contribution in [2.45, 2.75) is 31.2 Å². The zero-order valence-electron chi connectivity index (χ0n) is 11.1. The van der Waals surface area contributed by atoms with Crippen LogP contribution in [0.15, 0.2) is 47.2 Å². The molecule has 3 atom stereocenters. The van der Waals surface area contributed by atoms with E-state index in [9.17, 15) is 5.26 Å². The maximum Gasteiger partial charge on any atom is 0.0688 e. The van der Waals surface area contributed by atoms with Crippen LogP contribution in [0.3, 0.4) is 0 Å². The fourth-order valence-electron chi connectivity index (χ4n) is 3.11. The van der Waals surface area contributed by atoms with Crippen LogP contribution in [0, 0.1) is 17.2 Å². The fraction of sp³-hybridized carbons (Fsp3) is 0.375. The van der Waals surface area contributed by atoms with Crippen molar-refractivity contribution in [3.05, 3.63) is 52.8 Å². The number of nitrogens with zero attached hydrogens (tertiary/aromatic N) is 3. The molecule has 0 bridgehead atoms. The molecule has 102 valence electrons. The highest BCUT2D eigenvalue weighted by Gasteiger charge is 2.32. The zero-order valence-corrected chi connectivity index (χ0v) is 12.7. The lowest BCUT2D eigenvalue weighted by molar-refractivity contribution is 0.246. The van der Waals surface area contributed by atoms with Crippen molar-refractivity contribution < 1.29 is 0 Å². The van der Waals surface area contributed by atoms with Crippen molar-refractivity contribution in [1.29, 1.82) is 5.26 Å². The number of hydrogen-bond donors (Lipinski definition) is 0. The molecule has 20 heavy (non-hydrogen) atoms. The minimum atomic E-state index is 0.0572. The third-order valence-corrected chi connectivity index (χ3v) is 4.57. The second-order valence-corrected chi connectivity index (χ2v) is 6.28. The van der Waals surface area contributed by atoms with E-state index in [2.05, 4.69) is 51.4 Å². The molecule has 2 aromatic rings. The van der Waals surface area contributed by atoms with Crippen LogP contribution in [0.1, 0.15) is 36.8 Å². The Labute approximate surface area is 127 Å². The van der Waals surface area contributed by atoms with E-state index in [0.29, 0.717) is 5.92 Å². The van der Waals surface area contributed by atoms with Gasteiger partial charge in [-0.15, -0.1) is 0 Å². The van der Waals surface area contributed by atoms with E-state index in [-0.39, 0.29) is 12.0 Å².